The highest BCUT2D eigenvalue weighted by atomic mass is 35.5. The molecule has 6 N–H and O–H groups in total. The van der Waals surface area contributed by atoms with Gasteiger partial charge in [0.15, 0.2) is 21.5 Å². The molecule has 133 heavy (non-hydrogen) atoms. The van der Waals surface area contributed by atoms with Crippen LogP contribution in [-0.2, 0) is 76.8 Å². The van der Waals surface area contributed by atoms with E-state index in [-0.39, 0.29) is 101 Å². The summed E-state index contributed by atoms with van der Waals surface area (Å²) in [4.78, 5) is 96.8. The molecule has 0 radical (unpaired) electrons. The third-order valence-corrected chi connectivity index (χ3v) is 30.9. The Morgan fingerprint density at radius 2 is 1.10 bits per heavy atom. The number of aromatic nitrogens is 5. The van der Waals surface area contributed by atoms with E-state index in [2.05, 4.69) is 69.1 Å². The lowest BCUT2D eigenvalue weighted by Crippen LogP contribution is -2.52. The maximum absolute atomic E-state index is 13.6. The molecular formula is C88H110Cl2F2N18O16S7. The van der Waals surface area contributed by atoms with E-state index < -0.39 is 58.1 Å². The second kappa shape index (κ2) is 43.9. The molecule has 4 aromatic heterocycles. The number of carbonyl (C=O) groups is 5. The topological polar surface area (TPSA) is 409 Å². The van der Waals surface area contributed by atoms with Gasteiger partial charge in [0.1, 0.15) is 47.4 Å². The van der Waals surface area contributed by atoms with Gasteiger partial charge in [-0.25, -0.2) is 72.2 Å². The average molecular weight is 2010 g/mol. The fraction of sp³-hybridized carbons (Fsp3) is 0.318. The van der Waals surface area contributed by atoms with Crippen molar-refractivity contribution in [2.24, 2.45) is 0 Å². The quantitative estimate of drug-likeness (QED) is 0.0265. The zero-order chi connectivity index (χ0) is 94.1. The zero-order valence-electron chi connectivity index (χ0n) is 71.9. The number of ether oxygens (including phenoxy) is 3. The molecule has 0 bridgehead atoms. The third-order valence-electron chi connectivity index (χ3n) is 22.5. The van der Waals surface area contributed by atoms with E-state index in [1.165, 1.54) is 157 Å². The number of hydrogen-bond acceptors (Lipinski definition) is 28. The number of methoxy groups -OCH3 is 1. The van der Waals surface area contributed by atoms with Crippen LogP contribution in [0, 0.1) is 11.6 Å². The Morgan fingerprint density at radius 3 is 1.66 bits per heavy atom. The fourth-order valence-electron chi connectivity index (χ4n) is 15.8. The number of amides is 5. The summed E-state index contributed by atoms with van der Waals surface area (Å²) in [6.07, 6.45) is 11.9. The van der Waals surface area contributed by atoms with E-state index in [9.17, 15) is 66.4 Å². The lowest BCUT2D eigenvalue weighted by Gasteiger charge is -2.37. The number of halogens is 4. The summed E-state index contributed by atoms with van der Waals surface area (Å²) in [5.41, 5.74) is 5.79. The van der Waals surface area contributed by atoms with Crippen molar-refractivity contribution < 1.29 is 92.0 Å². The molecule has 17 rings (SSSR count). The molecule has 5 fully saturated rings. The molecule has 0 spiro atoms. The predicted molar refractivity (Wildman–Crippen MR) is 523 cm³/mol. The minimum atomic E-state index is -3.87. The van der Waals surface area contributed by atoms with Crippen molar-refractivity contribution in [1.82, 2.24) is 45.4 Å². The number of rotatable bonds is 28. The van der Waals surface area contributed by atoms with E-state index in [4.69, 9.17) is 37.4 Å². The molecule has 6 aliphatic rings. The molecule has 6 aliphatic heterocycles. The van der Waals surface area contributed by atoms with E-state index in [1.54, 1.807) is 97.3 Å². The maximum Gasteiger partial charge on any atom is 0.407 e. The summed E-state index contributed by atoms with van der Waals surface area (Å²) >= 11 is 15.5. The van der Waals surface area contributed by atoms with Crippen molar-refractivity contribution in [3.63, 3.8) is 0 Å². The lowest BCUT2D eigenvalue weighted by molar-refractivity contribution is -0.138. The third kappa shape index (κ3) is 24.8. The molecule has 4 atom stereocenters. The van der Waals surface area contributed by atoms with Gasteiger partial charge in [0, 0.05) is 158 Å². The number of nitrogens with one attached hydrogen (secondary N) is 6. The van der Waals surface area contributed by atoms with E-state index in [0.717, 1.165) is 41.9 Å². The van der Waals surface area contributed by atoms with Gasteiger partial charge in [-0.3, -0.25) is 43.0 Å². The number of aryl methyl sites for hydroxylation is 1. The van der Waals surface area contributed by atoms with Crippen molar-refractivity contribution in [2.45, 2.75) is 115 Å². The smallest absolute Gasteiger partial charge is 0.407 e. The lowest BCUT2D eigenvalue weighted by atomic mass is 9.99. The monoisotopic (exact) mass is 2010 g/mol. The first-order valence-electron chi connectivity index (χ1n) is 42.2. The molecule has 1 unspecified atom stereocenters. The van der Waals surface area contributed by atoms with E-state index in [0.29, 0.717) is 154 Å². The van der Waals surface area contributed by atoms with Crippen LogP contribution < -0.4 is 63.5 Å². The first kappa shape index (κ1) is 97.3. The Bertz CT molecular complexity index is 6400. The Morgan fingerprint density at radius 1 is 0.549 bits per heavy atom. The molecule has 34 nitrogen and oxygen atoms in total. The Hall–Kier alpha value is -11.8. The fourth-order valence-corrected chi connectivity index (χ4v) is 22.6. The number of anilines is 9. The number of fused-ring (bicyclic) bond motifs is 1. The van der Waals surface area contributed by atoms with Crippen molar-refractivity contribution in [3.8, 4) is 11.5 Å². The second-order valence-corrected chi connectivity index (χ2v) is 41.2. The molecule has 10 heterocycles. The molecule has 11 aromatic rings. The van der Waals surface area contributed by atoms with Crippen molar-refractivity contribution in [2.75, 3.05) is 129 Å². The van der Waals surface area contributed by atoms with Gasteiger partial charge in [0.25, 0.3) is 46.0 Å². The Labute approximate surface area is 802 Å². The van der Waals surface area contributed by atoms with Crippen LogP contribution in [0.4, 0.5) is 63.2 Å². The molecule has 5 saturated heterocycles. The highest BCUT2D eigenvalue weighted by Gasteiger charge is 2.42. The summed E-state index contributed by atoms with van der Waals surface area (Å²) in [6, 6.07) is 40.3. The summed E-state index contributed by atoms with van der Waals surface area (Å²) in [6.45, 7) is 10.5. The Balaban J connectivity index is 0.000000283. The molecule has 7 aromatic carbocycles. The van der Waals surface area contributed by atoms with Gasteiger partial charge >= 0.3 is 6.09 Å². The van der Waals surface area contributed by atoms with Crippen LogP contribution in [0.15, 0.2) is 225 Å². The predicted octanol–water partition coefficient (Wildman–Crippen LogP) is 14.6. The van der Waals surface area contributed by atoms with Gasteiger partial charge in [-0.15, -0.1) is 34.0 Å². The zero-order valence-corrected chi connectivity index (χ0v) is 79.2. The number of sulfonamides is 4. The molecule has 718 valence electrons. The van der Waals surface area contributed by atoms with Crippen LogP contribution in [0.2, 0.25) is 10.0 Å². The molecule has 5 amide bonds. The second-order valence-electron chi connectivity index (χ2n) is 31.0. The largest absolute Gasteiger partial charge is 0.495 e. The number of nitrogens with zero attached hydrogens (tertiary/aromatic N) is 12. The number of piperazine rings is 1. The van der Waals surface area contributed by atoms with Crippen LogP contribution in [0.1, 0.15) is 74.9 Å². The average Bonchev–Trinajstić information content (AvgIpc) is 1.60. The van der Waals surface area contributed by atoms with Gasteiger partial charge in [0.05, 0.1) is 49.5 Å². The minimum absolute atomic E-state index is 0. The maximum atomic E-state index is 13.6. The SMILES string of the molecule is CC(Oc1ccc(F)c(Cl)c1)C(=O)N1CCN(c2ccc(S(=O)(=O)Nc3ccncn3)cc2)CC1.CCNC(=O)OC1CCN([C@H]2CCN(c3ccc(S(=O)(=O)Nc4nccs4)cc3)C2=O)CC1.COc1ccc(S(=O)(=O)Nc2nccs2)cc1N1CC[C@H](N2CCCc3cc(Cl)ccc32)C1=O.O=C1[C@@H](NCCc2ccc(F)cc2)CCN1c1ccc(S(=O)(=O)Nc2nccs2)cc1.[HH].[HH].[HH].[HH].[HH].[HH].[HH].[HH]. The number of thiazole rings is 3. The van der Waals surface area contributed by atoms with Crippen LogP contribution >= 0.6 is 57.2 Å². The number of piperidine rings is 1. The van der Waals surface area contributed by atoms with Gasteiger partial charge in [-0.1, -0.05) is 35.3 Å². The first-order valence-corrected chi connectivity index (χ1v) is 51.6. The van der Waals surface area contributed by atoms with Crippen molar-refractivity contribution >= 4 is 177 Å². The standard InChI is InChI=1S/C23H23ClFN5O4S.C23H23ClN4O4S2.C21H21FN4O3S2.C21H27N5O5S2.8H2/c1-16(34-18-4-7-21(25)20(24)14-18)23(31)30-12-10-29(11-13-30)17-2-5-19(6-3-17)35(32,33)28-22-8-9-26-15-27-22;1-32-21-7-5-17(34(30,31)26-23-25-9-12-33-23)14-20(21)28-11-8-19(22(28)29)27-10-2-3-15-13-16(24)4-6-18(15)27;22-16-3-1-15(2-4-16)9-11-23-19-10-13-26(20(19)27)17-5-7-18(8-6-17)31(28,29)25-21-24-12-14-30-21;1-2-22-21(28)31-16-7-11-25(12-8-16)18-9-13-26(19(18)27)15-3-5-17(6-4-15)33(29,30)24-20-23-10-14-32-20;;;;;;;;/h2-9,14-16H,10-13H2,1H3,(H,26,27,28);4-7,9,12-14,19H,2-3,8,10-11H2,1H3,(H,25,26);1-8,12,14,19,23H,9-11,13H2,(H,24,25);3-6,10,14,16,18H,2,7-9,11-13H2,1H3,(H,22,28)(H,23,24);8*1H/t;2*19-;18-;;;;;;;;/m.000......../s1. The van der Waals surface area contributed by atoms with E-state index in [1.807, 2.05) is 25.1 Å². The van der Waals surface area contributed by atoms with Crippen molar-refractivity contribution in [1.29, 1.82) is 0 Å². The van der Waals surface area contributed by atoms with Crippen LogP contribution in [-0.4, -0.2) is 214 Å². The van der Waals surface area contributed by atoms with Gasteiger partial charge in [-0.2, -0.15) is 0 Å². The van der Waals surface area contributed by atoms with Gasteiger partial charge in [0.2, 0.25) is 17.7 Å². The number of likely N-dealkylation sites (tertiary alicyclic amines) is 1. The summed E-state index contributed by atoms with van der Waals surface area (Å²) < 4.78 is 153. The molecule has 0 saturated carbocycles. The van der Waals surface area contributed by atoms with Crippen molar-refractivity contribution in [3.05, 3.63) is 238 Å². The highest BCUT2D eigenvalue weighted by Crippen LogP contribution is 2.40. The first-order chi connectivity index (χ1) is 63.9. The normalized spacial score (nSPS) is 17.4. The molecule has 0 aliphatic carbocycles. The van der Waals surface area contributed by atoms with Crippen LogP contribution in [0.3, 0.4) is 0 Å². The van der Waals surface area contributed by atoms with Gasteiger partial charge < -0.3 is 54.2 Å². The Kier molecular flexibility index (Phi) is 32.1. The van der Waals surface area contributed by atoms with Crippen LogP contribution in [0.5, 0.6) is 11.5 Å². The number of alkyl carbamates (subject to hydrolysis) is 1. The van der Waals surface area contributed by atoms with Crippen LogP contribution in [0.25, 0.3) is 0 Å². The summed E-state index contributed by atoms with van der Waals surface area (Å²) in [7, 11) is -13.6. The van der Waals surface area contributed by atoms with Gasteiger partial charge in [-0.05, 0) is 222 Å². The number of carbonyl (C=O) groups excluding carboxylic acids is 5. The summed E-state index contributed by atoms with van der Waals surface area (Å²) in [5.74, 6) is -0.173. The highest BCUT2D eigenvalue weighted by molar-refractivity contribution is 7.93. The van der Waals surface area contributed by atoms with E-state index >= 15 is 0 Å². The number of benzene rings is 7. The minimum Gasteiger partial charge on any atom is -0.495 e. The number of hydrogen-bond donors (Lipinski definition) is 6. The molecule has 45 heteroatoms. The molecular weight excluding hydrogens is 1900 g/mol. The summed E-state index contributed by atoms with van der Waals surface area (Å²) in [5, 5.41) is 12.5.